The first-order valence-corrected chi connectivity index (χ1v) is 8.08. The van der Waals surface area contributed by atoms with Crippen LogP contribution >= 0.6 is 15.9 Å². The summed E-state index contributed by atoms with van der Waals surface area (Å²) in [5, 5.41) is 4.40. The Kier molecular flexibility index (Phi) is 4.42. The standard InChI is InChI=1S/C13H16BrN3OS/c1-3-11-13(14)12(17(2)16-11)8-19(18)10-6-4-9(15)5-7-10/h4-7H,3,8,15H2,1-2H3. The van der Waals surface area contributed by atoms with Gasteiger partial charge in [0, 0.05) is 17.6 Å². The molecule has 0 spiro atoms. The first kappa shape index (κ1) is 14.3. The van der Waals surface area contributed by atoms with E-state index < -0.39 is 10.8 Å². The average Bonchev–Trinajstić information content (AvgIpc) is 2.67. The lowest BCUT2D eigenvalue weighted by molar-refractivity contribution is 0.675. The molecule has 1 aromatic carbocycles. The van der Waals surface area contributed by atoms with E-state index in [-0.39, 0.29) is 0 Å². The molecule has 0 saturated heterocycles. The molecule has 19 heavy (non-hydrogen) atoms. The molecule has 4 nitrogen and oxygen atoms in total. The Morgan fingerprint density at radius 3 is 2.53 bits per heavy atom. The molecule has 0 aliphatic carbocycles. The summed E-state index contributed by atoms with van der Waals surface area (Å²) in [6.07, 6.45) is 0.850. The Hall–Kier alpha value is -1.14. The molecule has 0 aliphatic rings. The number of halogens is 1. The van der Waals surface area contributed by atoms with Crippen LogP contribution in [0.3, 0.4) is 0 Å². The van der Waals surface area contributed by atoms with E-state index in [9.17, 15) is 4.21 Å². The first-order valence-electron chi connectivity index (χ1n) is 5.97. The van der Waals surface area contributed by atoms with Gasteiger partial charge in [0.2, 0.25) is 0 Å². The van der Waals surface area contributed by atoms with Crippen LogP contribution in [0.5, 0.6) is 0 Å². The summed E-state index contributed by atoms with van der Waals surface area (Å²) >= 11 is 3.54. The van der Waals surface area contributed by atoms with E-state index in [1.54, 1.807) is 28.9 Å². The lowest BCUT2D eigenvalue weighted by atomic mass is 10.3. The average molecular weight is 342 g/mol. The Morgan fingerprint density at radius 2 is 2.00 bits per heavy atom. The highest BCUT2D eigenvalue weighted by Gasteiger charge is 2.15. The van der Waals surface area contributed by atoms with Crippen molar-refractivity contribution in [2.24, 2.45) is 7.05 Å². The van der Waals surface area contributed by atoms with E-state index in [4.69, 9.17) is 5.73 Å². The lowest BCUT2D eigenvalue weighted by Gasteiger charge is -2.04. The van der Waals surface area contributed by atoms with Gasteiger partial charge in [0.15, 0.2) is 0 Å². The summed E-state index contributed by atoms with van der Waals surface area (Å²) in [6, 6.07) is 7.14. The number of anilines is 1. The molecule has 0 saturated carbocycles. The molecule has 1 heterocycles. The number of aromatic nitrogens is 2. The molecule has 0 radical (unpaired) electrons. The van der Waals surface area contributed by atoms with Gasteiger partial charge in [-0.15, -0.1) is 0 Å². The maximum Gasteiger partial charge on any atom is 0.0767 e. The number of nitrogens with zero attached hydrogens (tertiary/aromatic N) is 2. The number of nitrogens with two attached hydrogens (primary N) is 1. The summed E-state index contributed by atoms with van der Waals surface area (Å²) < 4.78 is 15.1. The quantitative estimate of drug-likeness (QED) is 0.869. The van der Waals surface area contributed by atoms with Crippen LogP contribution in [-0.4, -0.2) is 14.0 Å². The molecule has 102 valence electrons. The minimum atomic E-state index is -1.10. The van der Waals surface area contributed by atoms with Crippen molar-refractivity contribution in [2.75, 3.05) is 5.73 Å². The number of hydrogen-bond acceptors (Lipinski definition) is 3. The molecule has 0 aliphatic heterocycles. The summed E-state index contributed by atoms with van der Waals surface area (Å²) in [5.41, 5.74) is 8.25. The van der Waals surface area contributed by atoms with E-state index in [0.29, 0.717) is 11.4 Å². The molecule has 2 rings (SSSR count). The fraction of sp³-hybridized carbons (Fsp3) is 0.308. The van der Waals surface area contributed by atoms with Crippen molar-refractivity contribution in [3.63, 3.8) is 0 Å². The number of hydrogen-bond donors (Lipinski definition) is 1. The molecule has 1 unspecified atom stereocenters. The van der Waals surface area contributed by atoms with Crippen molar-refractivity contribution < 1.29 is 4.21 Å². The first-order chi connectivity index (χ1) is 9.02. The van der Waals surface area contributed by atoms with Crippen molar-refractivity contribution in [2.45, 2.75) is 24.0 Å². The molecule has 2 N–H and O–H groups in total. The van der Waals surface area contributed by atoms with Crippen molar-refractivity contribution in [3.8, 4) is 0 Å². The Labute approximate surface area is 123 Å². The predicted molar refractivity (Wildman–Crippen MR) is 81.3 cm³/mol. The monoisotopic (exact) mass is 341 g/mol. The summed E-state index contributed by atoms with van der Waals surface area (Å²) in [7, 11) is 0.776. The highest BCUT2D eigenvalue weighted by atomic mass is 79.9. The normalized spacial score (nSPS) is 12.6. The Balaban J connectivity index is 2.24. The van der Waals surface area contributed by atoms with E-state index in [2.05, 4.69) is 21.0 Å². The van der Waals surface area contributed by atoms with E-state index in [0.717, 1.165) is 27.2 Å². The van der Waals surface area contributed by atoms with E-state index in [1.807, 2.05) is 14.0 Å². The van der Waals surface area contributed by atoms with Gasteiger partial charge in [-0.3, -0.25) is 8.89 Å². The fourth-order valence-electron chi connectivity index (χ4n) is 1.80. The molecule has 2 aromatic rings. The maximum absolute atomic E-state index is 12.3. The van der Waals surface area contributed by atoms with Crippen LogP contribution in [-0.2, 0) is 30.0 Å². The van der Waals surface area contributed by atoms with Crippen molar-refractivity contribution in [1.29, 1.82) is 0 Å². The second-order valence-electron chi connectivity index (χ2n) is 4.24. The zero-order chi connectivity index (χ0) is 14.0. The van der Waals surface area contributed by atoms with E-state index in [1.165, 1.54) is 0 Å². The van der Waals surface area contributed by atoms with Crippen LogP contribution in [0.2, 0.25) is 0 Å². The maximum atomic E-state index is 12.3. The van der Waals surface area contributed by atoms with Gasteiger partial charge >= 0.3 is 0 Å². The fourth-order valence-corrected chi connectivity index (χ4v) is 3.93. The van der Waals surface area contributed by atoms with Crippen molar-refractivity contribution in [3.05, 3.63) is 40.1 Å². The third-order valence-electron chi connectivity index (χ3n) is 2.91. The van der Waals surface area contributed by atoms with Gasteiger partial charge in [-0.2, -0.15) is 5.10 Å². The Morgan fingerprint density at radius 1 is 1.37 bits per heavy atom. The molecule has 6 heteroatoms. The van der Waals surface area contributed by atoms with Crippen LogP contribution in [0, 0.1) is 0 Å². The molecule has 0 fully saturated rings. The van der Waals surface area contributed by atoms with Crippen LogP contribution < -0.4 is 5.73 Å². The zero-order valence-corrected chi connectivity index (χ0v) is 13.3. The second-order valence-corrected chi connectivity index (χ2v) is 6.49. The molecule has 1 atom stereocenters. The molecular formula is C13H16BrN3OS. The van der Waals surface area contributed by atoms with Gasteiger partial charge in [-0.25, -0.2) is 0 Å². The minimum Gasteiger partial charge on any atom is -0.399 e. The van der Waals surface area contributed by atoms with Gasteiger partial charge < -0.3 is 5.73 Å². The van der Waals surface area contributed by atoms with Gasteiger partial charge in [0.25, 0.3) is 0 Å². The number of benzene rings is 1. The zero-order valence-electron chi connectivity index (χ0n) is 10.9. The molecule has 1 aromatic heterocycles. The third-order valence-corrected chi connectivity index (χ3v) is 5.16. The third kappa shape index (κ3) is 3.06. The minimum absolute atomic E-state index is 0.438. The topological polar surface area (TPSA) is 60.9 Å². The van der Waals surface area contributed by atoms with Gasteiger partial charge in [0.1, 0.15) is 0 Å². The Bertz CT molecular complexity index is 607. The summed E-state index contributed by atoms with van der Waals surface area (Å²) in [4.78, 5) is 0.778. The van der Waals surface area contributed by atoms with E-state index >= 15 is 0 Å². The molecular weight excluding hydrogens is 326 g/mol. The van der Waals surface area contributed by atoms with Crippen LogP contribution in [0.25, 0.3) is 0 Å². The SMILES string of the molecule is CCc1nn(C)c(CS(=O)c2ccc(N)cc2)c1Br. The van der Waals surface area contributed by atoms with Gasteiger partial charge in [-0.1, -0.05) is 6.92 Å². The molecule has 0 amide bonds. The van der Waals surface area contributed by atoms with Gasteiger partial charge in [0.05, 0.1) is 32.4 Å². The second kappa shape index (κ2) is 5.88. The van der Waals surface area contributed by atoms with Crippen molar-refractivity contribution >= 4 is 32.4 Å². The number of rotatable bonds is 4. The van der Waals surface area contributed by atoms with Gasteiger partial charge in [-0.05, 0) is 46.6 Å². The van der Waals surface area contributed by atoms with Crippen LogP contribution in [0.1, 0.15) is 18.3 Å². The van der Waals surface area contributed by atoms with Crippen LogP contribution in [0.4, 0.5) is 5.69 Å². The molecule has 0 bridgehead atoms. The summed E-state index contributed by atoms with van der Waals surface area (Å²) in [6.45, 7) is 2.05. The lowest BCUT2D eigenvalue weighted by Crippen LogP contribution is -2.03. The summed E-state index contributed by atoms with van der Waals surface area (Å²) in [5.74, 6) is 0.438. The largest absolute Gasteiger partial charge is 0.399 e. The highest BCUT2D eigenvalue weighted by Crippen LogP contribution is 2.24. The number of nitrogen functional groups attached to an aromatic ring is 1. The van der Waals surface area contributed by atoms with Crippen molar-refractivity contribution in [1.82, 2.24) is 9.78 Å². The predicted octanol–water partition coefficient (Wildman–Crippen LogP) is 2.64. The van der Waals surface area contributed by atoms with Crippen LogP contribution in [0.15, 0.2) is 33.6 Å². The number of aryl methyl sites for hydroxylation is 2. The highest BCUT2D eigenvalue weighted by molar-refractivity contribution is 9.10. The smallest absolute Gasteiger partial charge is 0.0767 e.